The number of pyridine rings is 1. The van der Waals surface area contributed by atoms with E-state index in [0.29, 0.717) is 27.4 Å². The van der Waals surface area contributed by atoms with Gasteiger partial charge in [-0.25, -0.2) is 4.39 Å². The molecule has 196 valence electrons. The van der Waals surface area contributed by atoms with E-state index in [9.17, 15) is 30.7 Å². The van der Waals surface area contributed by atoms with Crippen molar-refractivity contribution in [3.05, 3.63) is 111 Å². The zero-order valence-corrected chi connectivity index (χ0v) is 20.2. The third-order valence-corrected chi connectivity index (χ3v) is 7.07. The number of alkyl halides is 6. The van der Waals surface area contributed by atoms with Crippen molar-refractivity contribution in [1.29, 1.82) is 0 Å². The summed E-state index contributed by atoms with van der Waals surface area (Å²) in [7, 11) is 0. The molecule has 3 nitrogen and oxygen atoms in total. The topological polar surface area (TPSA) is 28.5 Å². The number of aliphatic imine (C=N–C) groups is 1. The molecule has 2 aromatic carbocycles. The first kappa shape index (κ1) is 25.9. The summed E-state index contributed by atoms with van der Waals surface area (Å²) in [6.07, 6.45) is -6.95. The summed E-state index contributed by atoms with van der Waals surface area (Å²) in [6.45, 7) is -0.0301. The molecular weight excluding hydrogens is 531 g/mol. The number of hydrogen-bond acceptors (Lipinski definition) is 4. The molecule has 2 aromatic heterocycles. The van der Waals surface area contributed by atoms with Crippen LogP contribution in [0.15, 0.2) is 83.4 Å². The minimum atomic E-state index is -4.97. The minimum Gasteiger partial charge on any atom is -0.342 e. The molecule has 1 atom stereocenters. The molecule has 0 radical (unpaired) electrons. The molecule has 11 heteroatoms. The quantitative estimate of drug-likeness (QED) is 0.236. The molecule has 0 amide bonds. The summed E-state index contributed by atoms with van der Waals surface area (Å²) >= 11 is 1.34. The summed E-state index contributed by atoms with van der Waals surface area (Å²) in [5, 5.41) is 1.80. The second-order valence-corrected chi connectivity index (χ2v) is 9.58. The van der Waals surface area contributed by atoms with Crippen LogP contribution in [-0.2, 0) is 18.9 Å². The molecule has 1 unspecified atom stereocenters. The molecule has 5 rings (SSSR count). The molecule has 0 saturated heterocycles. The molecule has 1 aliphatic heterocycles. The lowest BCUT2D eigenvalue weighted by molar-refractivity contribution is -0.143. The highest BCUT2D eigenvalue weighted by molar-refractivity contribution is 7.12. The van der Waals surface area contributed by atoms with Crippen LogP contribution in [0.4, 0.5) is 30.7 Å². The van der Waals surface area contributed by atoms with Crippen LogP contribution in [0.5, 0.6) is 0 Å². The number of hydrogen-bond donors (Lipinski definition) is 0. The predicted molar refractivity (Wildman–Crippen MR) is 130 cm³/mol. The van der Waals surface area contributed by atoms with Gasteiger partial charge in [-0.3, -0.25) is 9.98 Å². The average Bonchev–Trinajstić information content (AvgIpc) is 3.54. The maximum absolute atomic E-state index is 14.7. The number of amidine groups is 1. The maximum atomic E-state index is 14.7. The molecule has 0 fully saturated rings. The van der Waals surface area contributed by atoms with Gasteiger partial charge in [-0.1, -0.05) is 24.3 Å². The van der Waals surface area contributed by atoms with Crippen molar-refractivity contribution in [3.8, 4) is 11.1 Å². The van der Waals surface area contributed by atoms with Crippen LogP contribution in [0.3, 0.4) is 0 Å². The van der Waals surface area contributed by atoms with Crippen molar-refractivity contribution in [3.63, 3.8) is 0 Å². The van der Waals surface area contributed by atoms with Gasteiger partial charge >= 0.3 is 12.4 Å². The van der Waals surface area contributed by atoms with Crippen molar-refractivity contribution < 1.29 is 30.7 Å². The van der Waals surface area contributed by atoms with Crippen molar-refractivity contribution in [1.82, 2.24) is 9.88 Å². The Kier molecular flexibility index (Phi) is 6.72. The molecule has 38 heavy (non-hydrogen) atoms. The molecule has 0 saturated carbocycles. The Morgan fingerprint density at radius 3 is 2.21 bits per heavy atom. The van der Waals surface area contributed by atoms with Gasteiger partial charge in [0.05, 0.1) is 28.6 Å². The first-order valence-corrected chi connectivity index (χ1v) is 12.2. The molecule has 0 N–H and O–H groups in total. The standard InChI is InChI=1S/C27H18F7N3S/c28-22-5-2-1-4-21(22)20-7-8-35-13-17(20)15-37-23(14-36-25(37)24-6-3-9-38-24)16-10-18(26(29,30)31)12-19(11-16)27(32,33)34/h1-13,23H,14-15H2. The zero-order valence-electron chi connectivity index (χ0n) is 19.4. The van der Waals surface area contributed by atoms with Crippen LogP contribution in [-0.4, -0.2) is 22.3 Å². The van der Waals surface area contributed by atoms with Gasteiger partial charge in [0.2, 0.25) is 0 Å². The molecule has 0 aliphatic carbocycles. The lowest BCUT2D eigenvalue weighted by Crippen LogP contribution is -2.31. The molecule has 0 bridgehead atoms. The van der Waals surface area contributed by atoms with Crippen molar-refractivity contribution in [2.75, 3.05) is 6.54 Å². The second-order valence-electron chi connectivity index (χ2n) is 8.64. The predicted octanol–water partition coefficient (Wildman–Crippen LogP) is 7.99. The van der Waals surface area contributed by atoms with Gasteiger partial charge in [0.15, 0.2) is 0 Å². The van der Waals surface area contributed by atoms with E-state index >= 15 is 0 Å². The molecule has 1 aliphatic rings. The largest absolute Gasteiger partial charge is 0.416 e. The number of thiophene rings is 1. The third-order valence-electron chi connectivity index (χ3n) is 6.21. The zero-order chi connectivity index (χ0) is 27.1. The SMILES string of the molecule is Fc1ccccc1-c1ccncc1CN1C(c2cccs2)=NCC1c1cc(C(F)(F)F)cc(C(F)(F)F)c1. The fourth-order valence-corrected chi connectivity index (χ4v) is 5.20. The Balaban J connectivity index is 1.62. The number of rotatable bonds is 5. The Morgan fingerprint density at radius 1 is 0.868 bits per heavy atom. The smallest absolute Gasteiger partial charge is 0.342 e. The van der Waals surface area contributed by atoms with E-state index in [-0.39, 0.29) is 24.7 Å². The monoisotopic (exact) mass is 549 g/mol. The van der Waals surface area contributed by atoms with Crippen LogP contribution in [0, 0.1) is 5.82 Å². The highest BCUT2D eigenvalue weighted by Gasteiger charge is 2.39. The van der Waals surface area contributed by atoms with E-state index in [1.807, 2.05) is 0 Å². The summed E-state index contributed by atoms with van der Waals surface area (Å²) < 4.78 is 96.2. The van der Waals surface area contributed by atoms with Gasteiger partial charge in [0.25, 0.3) is 0 Å². The highest BCUT2D eigenvalue weighted by Crippen LogP contribution is 2.41. The van der Waals surface area contributed by atoms with Gasteiger partial charge in [-0.2, -0.15) is 26.3 Å². The number of aromatic nitrogens is 1. The highest BCUT2D eigenvalue weighted by atomic mass is 32.1. The first-order chi connectivity index (χ1) is 18.0. The Morgan fingerprint density at radius 2 is 1.58 bits per heavy atom. The van der Waals surface area contributed by atoms with E-state index in [1.165, 1.54) is 29.8 Å². The van der Waals surface area contributed by atoms with E-state index in [0.717, 1.165) is 12.1 Å². The van der Waals surface area contributed by atoms with E-state index < -0.39 is 35.3 Å². The van der Waals surface area contributed by atoms with Crippen LogP contribution in [0.25, 0.3) is 11.1 Å². The number of benzene rings is 2. The maximum Gasteiger partial charge on any atom is 0.416 e. The van der Waals surface area contributed by atoms with Gasteiger partial charge < -0.3 is 4.90 Å². The molecular formula is C27H18F7N3S. The van der Waals surface area contributed by atoms with Gasteiger partial charge in [-0.05, 0) is 58.5 Å². The normalized spacial score (nSPS) is 16.1. The number of halogens is 7. The first-order valence-electron chi connectivity index (χ1n) is 11.3. The lowest BCUT2D eigenvalue weighted by atomic mass is 9.97. The van der Waals surface area contributed by atoms with Gasteiger partial charge in [0, 0.05) is 24.5 Å². The van der Waals surface area contributed by atoms with E-state index in [4.69, 9.17) is 0 Å². The Labute approximate surface area is 216 Å². The van der Waals surface area contributed by atoms with Crippen LogP contribution >= 0.6 is 11.3 Å². The Bertz CT molecular complexity index is 1440. The second kappa shape index (κ2) is 9.86. The molecule has 3 heterocycles. The van der Waals surface area contributed by atoms with Crippen LogP contribution in [0.1, 0.15) is 33.2 Å². The lowest BCUT2D eigenvalue weighted by Gasteiger charge is -2.30. The van der Waals surface area contributed by atoms with Crippen LogP contribution < -0.4 is 0 Å². The summed E-state index contributed by atoms with van der Waals surface area (Å²) in [6, 6.07) is 11.9. The van der Waals surface area contributed by atoms with Crippen molar-refractivity contribution in [2.45, 2.75) is 24.9 Å². The number of nitrogens with zero attached hydrogens (tertiary/aromatic N) is 3. The fourth-order valence-electron chi connectivity index (χ4n) is 4.46. The minimum absolute atomic E-state index is 0.0243. The fraction of sp³-hybridized carbons (Fsp3) is 0.185. The van der Waals surface area contributed by atoms with Crippen molar-refractivity contribution >= 4 is 17.2 Å². The third kappa shape index (κ3) is 5.15. The van der Waals surface area contributed by atoms with E-state index in [1.54, 1.807) is 46.7 Å². The van der Waals surface area contributed by atoms with Crippen LogP contribution in [0.2, 0.25) is 0 Å². The molecule has 0 spiro atoms. The molecule has 4 aromatic rings. The van der Waals surface area contributed by atoms with Crippen molar-refractivity contribution in [2.24, 2.45) is 4.99 Å². The van der Waals surface area contributed by atoms with Gasteiger partial charge in [0.1, 0.15) is 11.7 Å². The summed E-state index contributed by atoms with van der Waals surface area (Å²) in [5.74, 6) is -0.0444. The summed E-state index contributed by atoms with van der Waals surface area (Å²) in [5.41, 5.74) is -1.60. The summed E-state index contributed by atoms with van der Waals surface area (Å²) in [4.78, 5) is 11.0. The average molecular weight is 550 g/mol. The van der Waals surface area contributed by atoms with Gasteiger partial charge in [-0.15, -0.1) is 11.3 Å². The Hall–Kier alpha value is -3.73. The van der Waals surface area contributed by atoms with E-state index in [2.05, 4.69) is 9.98 Å².